The number of piperidine rings is 2. The molecular weight excluding hydrogens is 384 g/mol. The summed E-state index contributed by atoms with van der Waals surface area (Å²) in [5, 5.41) is 11.6. The number of nitro benzene ring substituents is 1. The first kappa shape index (κ1) is 20.5. The topological polar surface area (TPSA) is 127 Å². The van der Waals surface area contributed by atoms with Crippen LogP contribution in [0, 0.1) is 22.0 Å². The molecule has 1 aromatic rings. The third-order valence-electron chi connectivity index (χ3n) is 5.64. The number of hydrogen-bond acceptors (Lipinski definition) is 6. The Morgan fingerprint density at radius 2 is 1.89 bits per heavy atom. The molecule has 9 nitrogen and oxygen atoms in total. The van der Waals surface area contributed by atoms with Gasteiger partial charge in [-0.3, -0.25) is 14.9 Å². The lowest BCUT2D eigenvalue weighted by atomic mass is 9.96. The normalized spacial score (nSPS) is 22.2. The van der Waals surface area contributed by atoms with Crippen LogP contribution in [-0.4, -0.2) is 49.7 Å². The van der Waals surface area contributed by atoms with Gasteiger partial charge in [0.05, 0.1) is 9.82 Å². The molecule has 28 heavy (non-hydrogen) atoms. The van der Waals surface area contributed by atoms with Gasteiger partial charge in [0, 0.05) is 38.2 Å². The number of nitro groups is 1. The molecule has 0 saturated carbocycles. The number of nitrogens with zero attached hydrogens (tertiary/aromatic N) is 3. The Labute approximate surface area is 164 Å². The summed E-state index contributed by atoms with van der Waals surface area (Å²) in [6, 6.07) is 4.10. The van der Waals surface area contributed by atoms with Crippen molar-refractivity contribution in [3.8, 4) is 0 Å². The summed E-state index contributed by atoms with van der Waals surface area (Å²) < 4.78 is 27.3. The van der Waals surface area contributed by atoms with E-state index in [0.29, 0.717) is 44.7 Å². The molecular formula is C18H26N4O5S. The fourth-order valence-corrected chi connectivity index (χ4v) is 5.61. The van der Waals surface area contributed by atoms with Crippen molar-refractivity contribution in [2.45, 2.75) is 37.5 Å². The number of amides is 1. The van der Waals surface area contributed by atoms with E-state index in [4.69, 9.17) is 5.73 Å². The van der Waals surface area contributed by atoms with Crippen LogP contribution in [-0.2, 0) is 14.8 Å². The van der Waals surface area contributed by atoms with E-state index >= 15 is 0 Å². The molecule has 2 saturated heterocycles. The van der Waals surface area contributed by atoms with Gasteiger partial charge in [0.2, 0.25) is 15.9 Å². The van der Waals surface area contributed by atoms with Crippen LogP contribution in [0.1, 0.15) is 32.6 Å². The van der Waals surface area contributed by atoms with E-state index in [1.54, 1.807) is 0 Å². The van der Waals surface area contributed by atoms with Gasteiger partial charge >= 0.3 is 0 Å². The lowest BCUT2D eigenvalue weighted by molar-refractivity contribution is -0.384. The van der Waals surface area contributed by atoms with Crippen LogP contribution in [0.4, 0.5) is 11.4 Å². The van der Waals surface area contributed by atoms with Crippen LogP contribution in [0.5, 0.6) is 0 Å². The first-order valence-corrected chi connectivity index (χ1v) is 11.0. The molecule has 1 atom stereocenters. The van der Waals surface area contributed by atoms with E-state index in [1.165, 1.54) is 16.4 Å². The van der Waals surface area contributed by atoms with E-state index in [9.17, 15) is 23.3 Å². The average Bonchev–Trinajstić information content (AvgIpc) is 2.67. The van der Waals surface area contributed by atoms with Gasteiger partial charge in [-0.1, -0.05) is 6.92 Å². The molecule has 10 heteroatoms. The van der Waals surface area contributed by atoms with Crippen LogP contribution >= 0.6 is 0 Å². The van der Waals surface area contributed by atoms with Crippen molar-refractivity contribution in [3.63, 3.8) is 0 Å². The molecule has 0 radical (unpaired) electrons. The van der Waals surface area contributed by atoms with E-state index in [-0.39, 0.29) is 28.3 Å². The van der Waals surface area contributed by atoms with Gasteiger partial charge in [-0.25, -0.2) is 8.42 Å². The highest BCUT2D eigenvalue weighted by molar-refractivity contribution is 7.89. The number of hydrogen-bond donors (Lipinski definition) is 1. The van der Waals surface area contributed by atoms with Crippen molar-refractivity contribution in [2.75, 3.05) is 31.1 Å². The zero-order valence-corrected chi connectivity index (χ0v) is 16.7. The second-order valence-corrected chi connectivity index (χ2v) is 9.62. The summed E-state index contributed by atoms with van der Waals surface area (Å²) >= 11 is 0. The minimum atomic E-state index is -3.77. The Bertz CT molecular complexity index is 865. The molecule has 0 unspecified atom stereocenters. The zero-order valence-electron chi connectivity index (χ0n) is 15.9. The van der Waals surface area contributed by atoms with E-state index < -0.39 is 14.9 Å². The van der Waals surface area contributed by atoms with Gasteiger partial charge < -0.3 is 10.6 Å². The number of nitrogens with two attached hydrogens (primary N) is 1. The molecule has 0 spiro atoms. The van der Waals surface area contributed by atoms with Crippen LogP contribution in [0.2, 0.25) is 0 Å². The Morgan fingerprint density at radius 3 is 2.46 bits per heavy atom. The maximum atomic E-state index is 13.0. The minimum Gasteiger partial charge on any atom is -0.369 e. The molecule has 2 aliphatic heterocycles. The highest BCUT2D eigenvalue weighted by Gasteiger charge is 2.32. The molecule has 2 heterocycles. The minimum absolute atomic E-state index is 0.0518. The first-order valence-electron chi connectivity index (χ1n) is 9.53. The van der Waals surface area contributed by atoms with Gasteiger partial charge in [0.25, 0.3) is 5.69 Å². The summed E-state index contributed by atoms with van der Waals surface area (Å²) in [6.45, 7) is 3.79. The molecule has 0 aliphatic carbocycles. The average molecular weight is 410 g/mol. The number of anilines is 1. The van der Waals surface area contributed by atoms with Gasteiger partial charge in [0.1, 0.15) is 5.69 Å². The summed E-state index contributed by atoms with van der Waals surface area (Å²) in [5.41, 5.74) is 5.48. The number of rotatable bonds is 5. The maximum Gasteiger partial charge on any atom is 0.293 e. The van der Waals surface area contributed by atoms with Crippen LogP contribution in [0.3, 0.4) is 0 Å². The third kappa shape index (κ3) is 4.12. The summed E-state index contributed by atoms with van der Waals surface area (Å²) in [4.78, 5) is 24.2. The summed E-state index contributed by atoms with van der Waals surface area (Å²) in [7, 11) is -3.77. The predicted molar refractivity (Wildman–Crippen MR) is 104 cm³/mol. The highest BCUT2D eigenvalue weighted by Crippen LogP contribution is 2.34. The molecule has 2 aliphatic rings. The second-order valence-electron chi connectivity index (χ2n) is 7.68. The highest BCUT2D eigenvalue weighted by atomic mass is 32.2. The smallest absolute Gasteiger partial charge is 0.293 e. The van der Waals surface area contributed by atoms with E-state index in [1.807, 2.05) is 11.8 Å². The zero-order chi connectivity index (χ0) is 20.5. The monoisotopic (exact) mass is 410 g/mol. The number of primary amides is 1. The van der Waals surface area contributed by atoms with E-state index in [0.717, 1.165) is 18.9 Å². The Kier molecular flexibility index (Phi) is 5.90. The summed E-state index contributed by atoms with van der Waals surface area (Å²) in [6.07, 6.45) is 2.82. The Hall–Kier alpha value is -2.20. The van der Waals surface area contributed by atoms with Crippen LogP contribution in [0.15, 0.2) is 23.1 Å². The molecule has 3 rings (SSSR count). The molecule has 1 amide bonds. The lowest BCUT2D eigenvalue weighted by Crippen LogP contribution is -2.39. The Morgan fingerprint density at radius 1 is 1.21 bits per heavy atom. The van der Waals surface area contributed by atoms with Crippen molar-refractivity contribution in [1.82, 2.24) is 4.31 Å². The predicted octanol–water partition coefficient (Wildman–Crippen LogP) is 1.72. The van der Waals surface area contributed by atoms with Gasteiger partial charge in [-0.15, -0.1) is 0 Å². The Balaban J connectivity index is 1.87. The molecule has 2 fully saturated rings. The van der Waals surface area contributed by atoms with Crippen molar-refractivity contribution in [2.24, 2.45) is 17.6 Å². The third-order valence-corrected chi connectivity index (χ3v) is 7.50. The molecule has 154 valence electrons. The van der Waals surface area contributed by atoms with Gasteiger partial charge in [-0.05, 0) is 43.7 Å². The standard InChI is InChI=1S/C18H26N4O5S/c1-13-3-2-8-21(12-13)28(26,27)15-4-5-16(17(11-15)22(24)25)20-9-6-14(7-10-20)18(19)23/h4-5,11,13-14H,2-3,6-10,12H2,1H3,(H2,19,23)/t13-/m1/s1. The van der Waals surface area contributed by atoms with Gasteiger partial charge in [0.15, 0.2) is 0 Å². The molecule has 0 bridgehead atoms. The quantitative estimate of drug-likeness (QED) is 0.582. The summed E-state index contributed by atoms with van der Waals surface area (Å²) in [5.74, 6) is -0.313. The first-order chi connectivity index (χ1) is 13.2. The van der Waals surface area contributed by atoms with Crippen molar-refractivity contribution >= 4 is 27.3 Å². The van der Waals surface area contributed by atoms with Gasteiger partial charge in [-0.2, -0.15) is 4.31 Å². The van der Waals surface area contributed by atoms with Crippen LogP contribution < -0.4 is 10.6 Å². The number of benzene rings is 1. The lowest BCUT2D eigenvalue weighted by Gasteiger charge is -2.32. The molecule has 1 aromatic carbocycles. The SMILES string of the molecule is C[C@@H]1CCCN(S(=O)(=O)c2ccc(N3CCC(C(N)=O)CC3)c([N+](=O)[O-])c2)C1. The van der Waals surface area contributed by atoms with Crippen LogP contribution in [0.25, 0.3) is 0 Å². The molecule has 2 N–H and O–H groups in total. The fourth-order valence-electron chi connectivity index (χ4n) is 4.00. The van der Waals surface area contributed by atoms with E-state index in [2.05, 4.69) is 0 Å². The maximum absolute atomic E-state index is 13.0. The fraction of sp³-hybridized carbons (Fsp3) is 0.611. The van der Waals surface area contributed by atoms with Crippen molar-refractivity contribution in [3.05, 3.63) is 28.3 Å². The largest absolute Gasteiger partial charge is 0.369 e. The number of sulfonamides is 1. The number of carbonyl (C=O) groups is 1. The number of carbonyl (C=O) groups excluding carboxylic acids is 1. The van der Waals surface area contributed by atoms with Crippen molar-refractivity contribution in [1.29, 1.82) is 0 Å². The van der Waals surface area contributed by atoms with Crippen molar-refractivity contribution < 1.29 is 18.1 Å². The molecule has 0 aromatic heterocycles. The second kappa shape index (κ2) is 8.04.